The third kappa shape index (κ3) is 5.69. The highest BCUT2D eigenvalue weighted by Crippen LogP contribution is 2.40. The van der Waals surface area contributed by atoms with E-state index < -0.39 is 0 Å². The van der Waals surface area contributed by atoms with Crippen LogP contribution in [0.1, 0.15) is 5.56 Å². The molecule has 0 aliphatic rings. The Morgan fingerprint density at radius 2 is 0.948 bits per heavy atom. The maximum Gasteiger partial charge on any atom is 0.167 e. The largest absolute Gasteiger partial charge is 0.456 e. The molecule has 3 heterocycles. The number of nitrogens with zero attached hydrogens (tertiary/aromatic N) is 4. The van der Waals surface area contributed by atoms with Crippen molar-refractivity contribution in [3.8, 4) is 73.6 Å². The van der Waals surface area contributed by atoms with Gasteiger partial charge < -0.3 is 8.83 Å². The van der Waals surface area contributed by atoms with Crippen LogP contribution in [0.3, 0.4) is 0 Å². The zero-order valence-electron chi connectivity index (χ0n) is 30.9. The van der Waals surface area contributed by atoms with E-state index in [0.717, 1.165) is 77.2 Å². The molecule has 0 aliphatic heterocycles. The van der Waals surface area contributed by atoms with Crippen molar-refractivity contribution >= 4 is 43.9 Å². The molecule has 0 saturated carbocycles. The van der Waals surface area contributed by atoms with Crippen molar-refractivity contribution in [2.45, 2.75) is 0 Å². The SMILES string of the molecule is N#Cc1cccc(-c2cccc(-c3nc(-c4ccc5c(c4)oc4cccc(-c6ccc(-c7ccccc7)cc6)c45)nc(-c4cccc5c4oc4ccccc45)n3)c2)c1. The van der Waals surface area contributed by atoms with Crippen molar-refractivity contribution in [3.63, 3.8) is 0 Å². The van der Waals surface area contributed by atoms with E-state index in [4.69, 9.17) is 23.8 Å². The quantitative estimate of drug-likeness (QED) is 0.168. The Morgan fingerprint density at radius 3 is 1.79 bits per heavy atom. The number of rotatable bonds is 6. The van der Waals surface area contributed by atoms with Gasteiger partial charge in [0.1, 0.15) is 22.3 Å². The first kappa shape index (κ1) is 33.2. The number of hydrogen-bond donors (Lipinski definition) is 0. The van der Waals surface area contributed by atoms with E-state index >= 15 is 0 Å². The Balaban J connectivity index is 1.06. The minimum atomic E-state index is 0.493. The van der Waals surface area contributed by atoms with Crippen molar-refractivity contribution in [2.75, 3.05) is 0 Å². The van der Waals surface area contributed by atoms with Gasteiger partial charge in [0.05, 0.1) is 17.2 Å². The molecule has 6 nitrogen and oxygen atoms in total. The zero-order valence-corrected chi connectivity index (χ0v) is 30.9. The van der Waals surface area contributed by atoms with Gasteiger partial charge in [0.2, 0.25) is 0 Å². The lowest BCUT2D eigenvalue weighted by molar-refractivity contribution is 0.668. The van der Waals surface area contributed by atoms with Gasteiger partial charge >= 0.3 is 0 Å². The highest BCUT2D eigenvalue weighted by Gasteiger charge is 2.20. The van der Waals surface area contributed by atoms with E-state index in [1.165, 1.54) is 11.1 Å². The molecule has 6 heteroatoms. The molecule has 270 valence electrons. The first-order chi connectivity index (χ1) is 28.7. The number of benzene rings is 8. The van der Waals surface area contributed by atoms with Crippen LogP contribution in [0.15, 0.2) is 191 Å². The predicted molar refractivity (Wildman–Crippen MR) is 232 cm³/mol. The highest BCUT2D eigenvalue weighted by atomic mass is 16.3. The smallest absolute Gasteiger partial charge is 0.167 e. The van der Waals surface area contributed by atoms with Crippen LogP contribution in [-0.2, 0) is 0 Å². The summed E-state index contributed by atoms with van der Waals surface area (Å²) in [5.41, 5.74) is 12.5. The monoisotopic (exact) mass is 742 g/mol. The van der Waals surface area contributed by atoms with Crippen molar-refractivity contribution in [1.82, 2.24) is 15.0 Å². The van der Waals surface area contributed by atoms with Crippen LogP contribution in [0.2, 0.25) is 0 Å². The summed E-state index contributed by atoms with van der Waals surface area (Å²) < 4.78 is 13.0. The van der Waals surface area contributed by atoms with Gasteiger partial charge in [-0.25, -0.2) is 15.0 Å². The molecule has 0 N–H and O–H groups in total. The van der Waals surface area contributed by atoms with Crippen molar-refractivity contribution in [3.05, 3.63) is 188 Å². The topological polar surface area (TPSA) is 88.7 Å². The van der Waals surface area contributed by atoms with E-state index in [-0.39, 0.29) is 0 Å². The lowest BCUT2D eigenvalue weighted by Crippen LogP contribution is -2.00. The minimum absolute atomic E-state index is 0.493. The molecule has 0 bridgehead atoms. The van der Waals surface area contributed by atoms with Crippen LogP contribution in [0, 0.1) is 11.3 Å². The third-order valence-electron chi connectivity index (χ3n) is 10.8. The summed E-state index contributed by atoms with van der Waals surface area (Å²) in [6, 6.07) is 63.5. The summed E-state index contributed by atoms with van der Waals surface area (Å²) >= 11 is 0. The molecule has 58 heavy (non-hydrogen) atoms. The van der Waals surface area contributed by atoms with Gasteiger partial charge in [-0.05, 0) is 81.9 Å². The Labute approximate surface area is 333 Å². The van der Waals surface area contributed by atoms with Crippen LogP contribution in [0.4, 0.5) is 0 Å². The van der Waals surface area contributed by atoms with Gasteiger partial charge in [0.25, 0.3) is 0 Å². The first-order valence-electron chi connectivity index (χ1n) is 19.1. The number of nitriles is 1. The molecule has 0 radical (unpaired) electrons. The van der Waals surface area contributed by atoms with Crippen LogP contribution in [0.25, 0.3) is 111 Å². The van der Waals surface area contributed by atoms with Crippen LogP contribution < -0.4 is 0 Å². The average Bonchev–Trinajstić information content (AvgIpc) is 3.88. The zero-order chi connectivity index (χ0) is 38.6. The lowest BCUT2D eigenvalue weighted by atomic mass is 9.96. The van der Waals surface area contributed by atoms with E-state index in [9.17, 15) is 5.26 Å². The van der Waals surface area contributed by atoms with Gasteiger partial charge in [-0.1, -0.05) is 133 Å². The number of para-hydroxylation sites is 2. The summed E-state index contributed by atoms with van der Waals surface area (Å²) in [6.45, 7) is 0. The molecule has 0 spiro atoms. The fourth-order valence-electron chi connectivity index (χ4n) is 7.96. The minimum Gasteiger partial charge on any atom is -0.456 e. The molecule has 0 aliphatic carbocycles. The Morgan fingerprint density at radius 1 is 0.362 bits per heavy atom. The van der Waals surface area contributed by atoms with Crippen molar-refractivity contribution in [2.24, 2.45) is 0 Å². The number of hydrogen-bond acceptors (Lipinski definition) is 6. The molecular formula is C52H30N4O2. The molecule has 3 aromatic heterocycles. The molecular weight excluding hydrogens is 713 g/mol. The van der Waals surface area contributed by atoms with Gasteiger partial charge in [-0.2, -0.15) is 5.26 Å². The average molecular weight is 743 g/mol. The van der Waals surface area contributed by atoms with Gasteiger partial charge in [-0.15, -0.1) is 0 Å². The highest BCUT2D eigenvalue weighted by molar-refractivity contribution is 6.13. The maximum absolute atomic E-state index is 9.57. The van der Waals surface area contributed by atoms with Crippen LogP contribution >= 0.6 is 0 Å². The van der Waals surface area contributed by atoms with Gasteiger partial charge in [0.15, 0.2) is 17.5 Å². The fourth-order valence-corrected chi connectivity index (χ4v) is 7.96. The van der Waals surface area contributed by atoms with Crippen molar-refractivity contribution < 1.29 is 8.83 Å². The van der Waals surface area contributed by atoms with Gasteiger partial charge in [0, 0.05) is 32.7 Å². The summed E-state index contributed by atoms with van der Waals surface area (Å²) in [5, 5.41) is 13.7. The second-order valence-corrected chi connectivity index (χ2v) is 14.3. The molecule has 11 rings (SSSR count). The fraction of sp³-hybridized carbons (Fsp3) is 0. The summed E-state index contributed by atoms with van der Waals surface area (Å²) in [7, 11) is 0. The summed E-state index contributed by atoms with van der Waals surface area (Å²) in [6.07, 6.45) is 0. The van der Waals surface area contributed by atoms with E-state index in [0.29, 0.717) is 28.6 Å². The van der Waals surface area contributed by atoms with E-state index in [1.54, 1.807) is 6.07 Å². The Bertz CT molecular complexity index is 3410. The number of furan rings is 2. The summed E-state index contributed by atoms with van der Waals surface area (Å²) in [5.74, 6) is 1.51. The molecule has 0 unspecified atom stereocenters. The number of fused-ring (bicyclic) bond motifs is 6. The summed E-state index contributed by atoms with van der Waals surface area (Å²) in [4.78, 5) is 15.3. The lowest BCUT2D eigenvalue weighted by Gasteiger charge is -2.10. The second kappa shape index (κ2) is 13.6. The van der Waals surface area contributed by atoms with Gasteiger partial charge in [-0.3, -0.25) is 0 Å². The third-order valence-corrected chi connectivity index (χ3v) is 10.8. The van der Waals surface area contributed by atoms with Crippen LogP contribution in [0.5, 0.6) is 0 Å². The normalized spacial score (nSPS) is 11.4. The number of aromatic nitrogens is 3. The van der Waals surface area contributed by atoms with E-state index in [1.807, 2.05) is 91.0 Å². The Hall–Kier alpha value is -8.14. The standard InChI is InChI=1S/C52H30N4O2/c53-31-32-10-6-13-36(28-32)37-14-7-15-38(29-37)50-54-51(56-52(55-50)44-19-8-18-42-41-16-4-5-20-45(41)58-49(42)44)39-26-27-43-47(30-39)57-46-21-9-17-40(48(43)46)35-24-22-34(23-25-35)33-11-2-1-3-12-33/h1-30H. The predicted octanol–water partition coefficient (Wildman–Crippen LogP) is 13.5. The maximum atomic E-state index is 9.57. The van der Waals surface area contributed by atoms with Crippen LogP contribution in [-0.4, -0.2) is 15.0 Å². The molecule has 0 atom stereocenters. The van der Waals surface area contributed by atoms with Crippen molar-refractivity contribution in [1.29, 1.82) is 5.26 Å². The molecule has 0 fully saturated rings. The molecule has 0 amide bonds. The molecule has 8 aromatic carbocycles. The second-order valence-electron chi connectivity index (χ2n) is 14.3. The Kier molecular flexibility index (Phi) is 7.76. The molecule has 11 aromatic rings. The first-order valence-corrected chi connectivity index (χ1v) is 19.1. The molecule has 0 saturated heterocycles. The van der Waals surface area contributed by atoms with E-state index in [2.05, 4.69) is 91.0 Å².